The summed E-state index contributed by atoms with van der Waals surface area (Å²) in [5.74, 6) is -0.454. The van der Waals surface area contributed by atoms with E-state index >= 15 is 0 Å². The van der Waals surface area contributed by atoms with Crippen LogP contribution >= 0.6 is 0 Å². The Morgan fingerprint density at radius 1 is 1.38 bits per heavy atom. The monoisotopic (exact) mass is 245 g/mol. The lowest BCUT2D eigenvalue weighted by Crippen LogP contribution is -2.32. The molecule has 0 aliphatic heterocycles. The third kappa shape index (κ3) is 2.59. The third-order valence-corrected chi connectivity index (χ3v) is 4.97. The van der Waals surface area contributed by atoms with Gasteiger partial charge in [0.15, 0.2) is 9.84 Å². The van der Waals surface area contributed by atoms with Gasteiger partial charge in [0.05, 0.1) is 5.25 Å². The van der Waals surface area contributed by atoms with Crippen LogP contribution in [0.1, 0.15) is 25.5 Å². The van der Waals surface area contributed by atoms with Gasteiger partial charge >= 0.3 is 0 Å². The molecular formula is C11H16FNO2S. The minimum absolute atomic E-state index is 0.0102. The summed E-state index contributed by atoms with van der Waals surface area (Å²) in [5.41, 5.74) is 6.02. The maximum Gasteiger partial charge on any atom is 0.154 e. The van der Waals surface area contributed by atoms with E-state index in [1.807, 2.05) is 0 Å². The van der Waals surface area contributed by atoms with Crippen LogP contribution in [0.25, 0.3) is 0 Å². The summed E-state index contributed by atoms with van der Waals surface area (Å²) in [6, 6.07) is 5.15. The van der Waals surface area contributed by atoms with E-state index in [2.05, 4.69) is 0 Å². The van der Waals surface area contributed by atoms with Gasteiger partial charge in [-0.1, -0.05) is 25.1 Å². The van der Waals surface area contributed by atoms with Crippen LogP contribution in [-0.4, -0.2) is 19.4 Å². The second-order valence-corrected chi connectivity index (χ2v) is 6.35. The van der Waals surface area contributed by atoms with Crippen LogP contribution in [0.3, 0.4) is 0 Å². The van der Waals surface area contributed by atoms with E-state index in [-0.39, 0.29) is 11.3 Å². The molecule has 1 rings (SSSR count). The van der Waals surface area contributed by atoms with Gasteiger partial charge in [0.25, 0.3) is 0 Å². The van der Waals surface area contributed by atoms with Crippen LogP contribution in [-0.2, 0) is 9.84 Å². The first-order chi connectivity index (χ1) is 7.40. The van der Waals surface area contributed by atoms with Gasteiger partial charge in [0.1, 0.15) is 5.82 Å². The Bertz CT molecular complexity index is 459. The van der Waals surface area contributed by atoms with E-state index < -0.39 is 26.9 Å². The average molecular weight is 245 g/mol. The Hall–Kier alpha value is -0.940. The molecule has 0 aliphatic carbocycles. The molecule has 0 radical (unpaired) electrons. The number of nitrogens with two attached hydrogens (primary N) is 1. The molecule has 2 atom stereocenters. The molecule has 0 saturated carbocycles. The Balaban J connectivity index is 3.04. The van der Waals surface area contributed by atoms with Gasteiger partial charge < -0.3 is 5.73 Å². The second-order valence-electron chi connectivity index (χ2n) is 3.70. The van der Waals surface area contributed by atoms with Gasteiger partial charge in [0, 0.05) is 17.4 Å². The number of hydrogen-bond donors (Lipinski definition) is 1. The summed E-state index contributed by atoms with van der Waals surface area (Å²) in [4.78, 5) is 0. The number of hydrogen-bond acceptors (Lipinski definition) is 3. The van der Waals surface area contributed by atoms with Crippen molar-refractivity contribution in [1.29, 1.82) is 0 Å². The maximum absolute atomic E-state index is 13.4. The summed E-state index contributed by atoms with van der Waals surface area (Å²) in [6.45, 7) is 3.07. The number of rotatable bonds is 4. The molecular weight excluding hydrogens is 229 g/mol. The molecule has 0 unspecified atom stereocenters. The highest BCUT2D eigenvalue weighted by molar-refractivity contribution is 7.92. The van der Waals surface area contributed by atoms with Crippen LogP contribution in [0.4, 0.5) is 4.39 Å². The first-order valence-corrected chi connectivity index (χ1v) is 6.83. The van der Waals surface area contributed by atoms with Gasteiger partial charge in [-0.2, -0.15) is 0 Å². The fourth-order valence-corrected chi connectivity index (χ4v) is 2.60. The van der Waals surface area contributed by atoms with Crippen molar-refractivity contribution in [2.45, 2.75) is 25.1 Å². The summed E-state index contributed by atoms with van der Waals surface area (Å²) < 4.78 is 36.7. The number of benzene rings is 1. The Labute approximate surface area is 95.4 Å². The molecule has 0 saturated heterocycles. The molecule has 0 bridgehead atoms. The van der Waals surface area contributed by atoms with Gasteiger partial charge in [-0.25, -0.2) is 12.8 Å². The normalized spacial score (nSPS) is 15.8. The molecule has 0 spiro atoms. The zero-order valence-electron chi connectivity index (χ0n) is 9.35. The van der Waals surface area contributed by atoms with Crippen molar-refractivity contribution in [3.8, 4) is 0 Å². The second kappa shape index (κ2) is 4.93. The zero-order chi connectivity index (χ0) is 12.3. The molecule has 1 aromatic carbocycles. The first kappa shape index (κ1) is 13.1. The van der Waals surface area contributed by atoms with Gasteiger partial charge in [-0.15, -0.1) is 0 Å². The van der Waals surface area contributed by atoms with E-state index in [1.54, 1.807) is 19.1 Å². The van der Waals surface area contributed by atoms with Crippen molar-refractivity contribution in [3.05, 3.63) is 35.6 Å². The van der Waals surface area contributed by atoms with Crippen molar-refractivity contribution in [1.82, 2.24) is 0 Å². The summed E-state index contributed by atoms with van der Waals surface area (Å²) >= 11 is 0. The van der Waals surface area contributed by atoms with Crippen LogP contribution in [0.2, 0.25) is 0 Å². The van der Waals surface area contributed by atoms with Crippen molar-refractivity contribution in [2.24, 2.45) is 5.73 Å². The Morgan fingerprint density at radius 2 is 1.94 bits per heavy atom. The van der Waals surface area contributed by atoms with Crippen LogP contribution < -0.4 is 5.73 Å². The molecule has 0 aliphatic rings. The average Bonchev–Trinajstić information content (AvgIpc) is 2.27. The Kier molecular flexibility index (Phi) is 4.04. The lowest BCUT2D eigenvalue weighted by molar-refractivity contribution is 0.547. The minimum atomic E-state index is -3.25. The van der Waals surface area contributed by atoms with Gasteiger partial charge in [-0.05, 0) is 13.0 Å². The molecule has 1 aromatic rings. The topological polar surface area (TPSA) is 60.2 Å². The van der Waals surface area contributed by atoms with Crippen molar-refractivity contribution in [2.75, 3.05) is 5.75 Å². The lowest BCUT2D eigenvalue weighted by atomic mass is 10.0. The van der Waals surface area contributed by atoms with Gasteiger partial charge in [-0.3, -0.25) is 0 Å². The molecule has 5 heteroatoms. The van der Waals surface area contributed by atoms with Crippen molar-refractivity contribution < 1.29 is 12.8 Å². The minimum Gasteiger partial charge on any atom is -0.323 e. The molecule has 90 valence electrons. The largest absolute Gasteiger partial charge is 0.323 e. The fraction of sp³-hybridized carbons (Fsp3) is 0.455. The van der Waals surface area contributed by atoms with Crippen molar-refractivity contribution in [3.63, 3.8) is 0 Å². The summed E-state index contributed by atoms with van der Waals surface area (Å²) in [7, 11) is -3.25. The van der Waals surface area contributed by atoms with Crippen molar-refractivity contribution >= 4 is 9.84 Å². The highest BCUT2D eigenvalue weighted by Crippen LogP contribution is 2.22. The molecule has 0 heterocycles. The van der Waals surface area contributed by atoms with E-state index in [9.17, 15) is 12.8 Å². The summed E-state index contributed by atoms with van der Waals surface area (Å²) in [5, 5.41) is -0.783. The van der Waals surface area contributed by atoms with Crippen LogP contribution in [0.15, 0.2) is 24.3 Å². The Morgan fingerprint density at radius 3 is 2.44 bits per heavy atom. The predicted octanol–water partition coefficient (Wildman–Crippen LogP) is 1.65. The van der Waals surface area contributed by atoms with E-state index in [4.69, 9.17) is 5.73 Å². The molecule has 3 nitrogen and oxygen atoms in total. The van der Waals surface area contributed by atoms with E-state index in [1.165, 1.54) is 19.1 Å². The predicted molar refractivity (Wildman–Crippen MR) is 62.3 cm³/mol. The fourth-order valence-electron chi connectivity index (χ4n) is 1.48. The SMILES string of the molecule is CCS(=O)(=O)[C@@H](C)[C@@H](N)c1ccccc1F. The highest BCUT2D eigenvalue weighted by atomic mass is 32.2. The highest BCUT2D eigenvalue weighted by Gasteiger charge is 2.27. The molecule has 2 N–H and O–H groups in total. The van der Waals surface area contributed by atoms with E-state index in [0.29, 0.717) is 0 Å². The molecule has 0 amide bonds. The van der Waals surface area contributed by atoms with Gasteiger partial charge in [0.2, 0.25) is 0 Å². The molecule has 0 aromatic heterocycles. The van der Waals surface area contributed by atoms with Crippen LogP contribution in [0.5, 0.6) is 0 Å². The van der Waals surface area contributed by atoms with Crippen LogP contribution in [0, 0.1) is 5.82 Å². The maximum atomic E-state index is 13.4. The smallest absolute Gasteiger partial charge is 0.154 e. The molecule has 16 heavy (non-hydrogen) atoms. The summed E-state index contributed by atoms with van der Waals surface area (Å²) in [6.07, 6.45) is 0. The number of sulfone groups is 1. The molecule has 0 fully saturated rings. The standard InChI is InChI=1S/C11H16FNO2S/c1-3-16(14,15)8(2)11(13)9-6-4-5-7-10(9)12/h4-8,11H,3,13H2,1-2H3/t8-,11+/m0/s1. The zero-order valence-corrected chi connectivity index (χ0v) is 10.2. The third-order valence-electron chi connectivity index (χ3n) is 2.74. The van der Waals surface area contributed by atoms with E-state index in [0.717, 1.165) is 0 Å². The number of halogens is 1. The first-order valence-electron chi connectivity index (χ1n) is 5.11. The quantitative estimate of drug-likeness (QED) is 0.877. The lowest BCUT2D eigenvalue weighted by Gasteiger charge is -2.20.